The molecule has 2 bridgehead atoms. The van der Waals surface area contributed by atoms with Gasteiger partial charge in [-0.05, 0) is 36.8 Å². The van der Waals surface area contributed by atoms with Gasteiger partial charge in [-0.25, -0.2) is 0 Å². The molecule has 3 atom stereocenters. The second-order valence-electron chi connectivity index (χ2n) is 7.60. The number of rotatable bonds is 5. The Balaban J connectivity index is 1.59. The molecule has 4 rings (SSSR count). The molecule has 4 heteroatoms. The summed E-state index contributed by atoms with van der Waals surface area (Å²) in [5, 5.41) is 0. The van der Waals surface area contributed by atoms with Crippen LogP contribution in [0.2, 0.25) is 0 Å². The second kappa shape index (κ2) is 6.60. The summed E-state index contributed by atoms with van der Waals surface area (Å²) in [7, 11) is 0. The molecule has 2 aliphatic rings. The van der Waals surface area contributed by atoms with Crippen LogP contribution in [0, 0.1) is 5.41 Å². The van der Waals surface area contributed by atoms with E-state index in [2.05, 4.69) is 0 Å². The van der Waals surface area contributed by atoms with Gasteiger partial charge >= 0.3 is 0 Å². The normalized spacial score (nSPS) is 26.8. The van der Waals surface area contributed by atoms with Crippen LogP contribution >= 0.6 is 0 Å². The van der Waals surface area contributed by atoms with Crippen molar-refractivity contribution in [2.24, 2.45) is 11.1 Å². The Morgan fingerprint density at radius 1 is 0.962 bits per heavy atom. The quantitative estimate of drug-likeness (QED) is 0.903. The Bertz CT molecular complexity index is 805. The number of primary amides is 1. The van der Waals surface area contributed by atoms with Gasteiger partial charge < -0.3 is 10.6 Å². The van der Waals surface area contributed by atoms with Crippen molar-refractivity contribution in [1.82, 2.24) is 4.90 Å². The molecule has 0 unspecified atom stereocenters. The fraction of sp³-hybridized carbons (Fsp3) is 0.364. The minimum absolute atomic E-state index is 0.0820. The average Bonchev–Trinajstić information content (AvgIpc) is 3.20. The molecule has 4 nitrogen and oxygen atoms in total. The number of nitrogens with two attached hydrogens (primary N) is 1. The predicted molar refractivity (Wildman–Crippen MR) is 100 cm³/mol. The third-order valence-electron chi connectivity index (χ3n) is 6.08. The predicted octanol–water partition coefficient (Wildman–Crippen LogP) is 2.71. The largest absolute Gasteiger partial charge is 0.369 e. The van der Waals surface area contributed by atoms with E-state index in [1.165, 1.54) is 0 Å². The van der Waals surface area contributed by atoms with E-state index in [-0.39, 0.29) is 23.9 Å². The van der Waals surface area contributed by atoms with Gasteiger partial charge in [-0.15, -0.1) is 0 Å². The molecule has 2 aromatic carbocycles. The van der Waals surface area contributed by atoms with Gasteiger partial charge in [-0.1, -0.05) is 60.7 Å². The van der Waals surface area contributed by atoms with Gasteiger partial charge in [0.25, 0.3) is 0 Å². The van der Waals surface area contributed by atoms with Crippen LogP contribution in [0.3, 0.4) is 0 Å². The number of nitrogens with zero attached hydrogens (tertiary/aromatic N) is 1. The summed E-state index contributed by atoms with van der Waals surface area (Å²) < 4.78 is 0. The average molecular weight is 348 g/mol. The van der Waals surface area contributed by atoms with E-state index in [0.29, 0.717) is 19.3 Å². The summed E-state index contributed by atoms with van der Waals surface area (Å²) in [6.45, 7) is 0. The molecule has 2 N–H and O–H groups in total. The summed E-state index contributed by atoms with van der Waals surface area (Å²) in [6, 6.07) is 19.8. The molecule has 0 aliphatic carbocycles. The molecular weight excluding hydrogens is 324 g/mol. The standard InChI is InChI=1S/C22H24N2O2/c23-21(26)22(14-17-9-5-2-6-10-17)15-18-11-12-19(22)24(18)20(25)13-16-7-3-1-4-8-16/h1-10,18-19H,11-15H2,(H2,23,26)/t18-,19+,22+/m0/s1. The first-order valence-corrected chi connectivity index (χ1v) is 9.29. The fourth-order valence-corrected chi connectivity index (χ4v) is 4.92. The van der Waals surface area contributed by atoms with Crippen molar-refractivity contribution in [2.75, 3.05) is 0 Å². The minimum atomic E-state index is -0.642. The Labute approximate surface area is 154 Å². The first kappa shape index (κ1) is 16.8. The Morgan fingerprint density at radius 3 is 2.19 bits per heavy atom. The number of carbonyl (C=O) groups excluding carboxylic acids is 2. The van der Waals surface area contributed by atoms with E-state index < -0.39 is 5.41 Å². The van der Waals surface area contributed by atoms with E-state index in [1.54, 1.807) is 0 Å². The molecule has 134 valence electrons. The highest BCUT2D eigenvalue weighted by Gasteiger charge is 2.60. The monoisotopic (exact) mass is 348 g/mol. The molecule has 0 radical (unpaired) electrons. The highest BCUT2D eigenvalue weighted by Crippen LogP contribution is 2.51. The van der Waals surface area contributed by atoms with Crippen LogP contribution in [0.4, 0.5) is 0 Å². The topological polar surface area (TPSA) is 63.4 Å². The van der Waals surface area contributed by atoms with Gasteiger partial charge in [-0.2, -0.15) is 0 Å². The maximum atomic E-state index is 13.0. The lowest BCUT2D eigenvalue weighted by atomic mass is 9.69. The van der Waals surface area contributed by atoms with E-state index in [1.807, 2.05) is 65.6 Å². The maximum Gasteiger partial charge on any atom is 0.227 e. The minimum Gasteiger partial charge on any atom is -0.369 e. The molecule has 0 spiro atoms. The van der Waals surface area contributed by atoms with Crippen molar-refractivity contribution in [3.05, 3.63) is 71.8 Å². The van der Waals surface area contributed by atoms with Crippen LogP contribution in [0.25, 0.3) is 0 Å². The molecule has 2 fully saturated rings. The Hall–Kier alpha value is -2.62. The number of benzene rings is 2. The number of amides is 2. The zero-order valence-electron chi connectivity index (χ0n) is 14.8. The van der Waals surface area contributed by atoms with Crippen LogP contribution in [0.5, 0.6) is 0 Å². The van der Waals surface area contributed by atoms with Crippen molar-refractivity contribution in [3.8, 4) is 0 Å². The second-order valence-corrected chi connectivity index (χ2v) is 7.60. The molecule has 0 saturated carbocycles. The maximum absolute atomic E-state index is 13.0. The van der Waals surface area contributed by atoms with Crippen molar-refractivity contribution in [3.63, 3.8) is 0 Å². The first-order chi connectivity index (χ1) is 12.6. The van der Waals surface area contributed by atoms with E-state index >= 15 is 0 Å². The van der Waals surface area contributed by atoms with Crippen molar-refractivity contribution in [1.29, 1.82) is 0 Å². The summed E-state index contributed by atoms with van der Waals surface area (Å²) in [4.78, 5) is 27.5. The fourth-order valence-electron chi connectivity index (χ4n) is 4.92. The molecule has 2 aliphatic heterocycles. The Kier molecular flexibility index (Phi) is 4.27. The lowest BCUT2D eigenvalue weighted by molar-refractivity contribution is -0.134. The van der Waals surface area contributed by atoms with Gasteiger partial charge in [0.1, 0.15) is 0 Å². The van der Waals surface area contributed by atoms with Crippen LogP contribution in [-0.4, -0.2) is 28.8 Å². The van der Waals surface area contributed by atoms with Crippen LogP contribution < -0.4 is 5.73 Å². The van der Waals surface area contributed by atoms with Crippen molar-refractivity contribution < 1.29 is 9.59 Å². The molecule has 2 aromatic rings. The zero-order valence-corrected chi connectivity index (χ0v) is 14.8. The highest BCUT2D eigenvalue weighted by molar-refractivity contribution is 5.87. The van der Waals surface area contributed by atoms with E-state index in [0.717, 1.165) is 24.0 Å². The number of hydrogen-bond donors (Lipinski definition) is 1. The SMILES string of the molecule is NC(=O)[C@]1(Cc2ccccc2)C[C@@H]2CC[C@H]1N2C(=O)Cc1ccccc1. The molecule has 2 heterocycles. The van der Waals surface area contributed by atoms with Crippen LogP contribution in [-0.2, 0) is 22.4 Å². The third kappa shape index (κ3) is 2.79. The van der Waals surface area contributed by atoms with Gasteiger partial charge in [0.2, 0.25) is 11.8 Å². The van der Waals surface area contributed by atoms with E-state index in [9.17, 15) is 9.59 Å². The molecule has 2 amide bonds. The summed E-state index contributed by atoms with van der Waals surface area (Å²) >= 11 is 0. The first-order valence-electron chi connectivity index (χ1n) is 9.29. The Morgan fingerprint density at radius 2 is 1.58 bits per heavy atom. The lowest BCUT2D eigenvalue weighted by Gasteiger charge is -2.34. The molecule has 2 saturated heterocycles. The highest BCUT2D eigenvalue weighted by atomic mass is 16.2. The smallest absolute Gasteiger partial charge is 0.227 e. The van der Waals surface area contributed by atoms with Crippen LogP contribution in [0.1, 0.15) is 30.4 Å². The zero-order chi connectivity index (χ0) is 18.1. The van der Waals surface area contributed by atoms with E-state index in [4.69, 9.17) is 5.73 Å². The number of hydrogen-bond acceptors (Lipinski definition) is 2. The molecule has 0 aromatic heterocycles. The molecule has 26 heavy (non-hydrogen) atoms. The van der Waals surface area contributed by atoms with Crippen molar-refractivity contribution in [2.45, 2.75) is 44.2 Å². The molecular formula is C22H24N2O2. The van der Waals surface area contributed by atoms with Gasteiger partial charge in [0, 0.05) is 12.1 Å². The third-order valence-corrected chi connectivity index (χ3v) is 6.08. The number of fused-ring (bicyclic) bond motifs is 2. The summed E-state index contributed by atoms with van der Waals surface area (Å²) in [5.74, 6) is -0.161. The van der Waals surface area contributed by atoms with Crippen LogP contribution in [0.15, 0.2) is 60.7 Å². The van der Waals surface area contributed by atoms with Crippen molar-refractivity contribution >= 4 is 11.8 Å². The van der Waals surface area contributed by atoms with Gasteiger partial charge in [0.05, 0.1) is 11.8 Å². The van der Waals surface area contributed by atoms with Gasteiger partial charge in [0.15, 0.2) is 0 Å². The summed E-state index contributed by atoms with van der Waals surface area (Å²) in [5.41, 5.74) is 7.38. The lowest BCUT2D eigenvalue weighted by Crippen LogP contribution is -2.49. The number of carbonyl (C=O) groups is 2. The van der Waals surface area contributed by atoms with Gasteiger partial charge in [-0.3, -0.25) is 9.59 Å². The summed E-state index contributed by atoms with van der Waals surface area (Å²) in [6.07, 6.45) is 3.51.